The van der Waals surface area contributed by atoms with Gasteiger partial charge in [0.25, 0.3) is 5.91 Å². The normalized spacial score (nSPS) is 15.2. The molecule has 1 aliphatic rings. The lowest BCUT2D eigenvalue weighted by Gasteiger charge is -2.25. The van der Waals surface area contributed by atoms with Crippen LogP contribution in [0.3, 0.4) is 0 Å². The molecule has 5 nitrogen and oxygen atoms in total. The maximum atomic E-state index is 13.3. The zero-order valence-corrected chi connectivity index (χ0v) is 17.6. The van der Waals surface area contributed by atoms with Crippen LogP contribution in [-0.2, 0) is 18.4 Å². The van der Waals surface area contributed by atoms with Gasteiger partial charge in [-0.1, -0.05) is 48.5 Å². The largest absolute Gasteiger partial charge is 0.350 e. The third-order valence-electron chi connectivity index (χ3n) is 6.00. The zero-order chi connectivity index (χ0) is 22.2. The van der Waals surface area contributed by atoms with Gasteiger partial charge in [-0.25, -0.2) is 4.39 Å². The number of carbonyl (C=O) groups excluding carboxylic acids is 2. The highest BCUT2D eigenvalue weighted by Gasteiger charge is 2.39. The van der Waals surface area contributed by atoms with Gasteiger partial charge in [-0.15, -0.1) is 0 Å². The van der Waals surface area contributed by atoms with E-state index < -0.39 is 0 Å². The maximum Gasteiger partial charge on any atom is 0.255 e. The topological polar surface area (TPSA) is 54.3 Å². The van der Waals surface area contributed by atoms with Gasteiger partial charge in [0.1, 0.15) is 12.4 Å². The van der Waals surface area contributed by atoms with Gasteiger partial charge in [-0.2, -0.15) is 0 Å². The van der Waals surface area contributed by atoms with E-state index in [0.29, 0.717) is 5.56 Å². The minimum Gasteiger partial charge on any atom is -0.350 e. The lowest BCUT2D eigenvalue weighted by molar-refractivity contribution is -0.122. The van der Waals surface area contributed by atoms with Gasteiger partial charge in [0.2, 0.25) is 5.91 Å². The number of hydrogen-bond donors (Lipinski definition) is 1. The van der Waals surface area contributed by atoms with Crippen LogP contribution < -0.4 is 5.32 Å². The van der Waals surface area contributed by atoms with E-state index in [1.54, 1.807) is 17.0 Å². The number of nitrogens with one attached hydrogen (secondary N) is 1. The molecule has 1 aromatic heterocycles. The van der Waals surface area contributed by atoms with Crippen molar-refractivity contribution in [3.63, 3.8) is 0 Å². The van der Waals surface area contributed by atoms with E-state index in [0.717, 1.165) is 27.6 Å². The quantitative estimate of drug-likeness (QED) is 0.520. The number of aryl methyl sites for hydroxylation is 1. The van der Waals surface area contributed by atoms with E-state index in [2.05, 4.69) is 5.32 Å². The van der Waals surface area contributed by atoms with Crippen molar-refractivity contribution in [2.24, 2.45) is 7.05 Å². The number of rotatable bonds is 5. The molecule has 0 radical (unpaired) electrons. The number of benzene rings is 3. The average molecular weight is 427 g/mol. The molecule has 1 N–H and O–H groups in total. The van der Waals surface area contributed by atoms with E-state index in [4.69, 9.17) is 0 Å². The number of aromatic nitrogens is 1. The smallest absolute Gasteiger partial charge is 0.255 e. The van der Waals surface area contributed by atoms with Gasteiger partial charge >= 0.3 is 0 Å². The van der Waals surface area contributed by atoms with Gasteiger partial charge in [-0.05, 0) is 35.4 Å². The number of para-hydroxylation sites is 1. The number of carbonyl (C=O) groups is 2. The second-order valence-electron chi connectivity index (χ2n) is 8.04. The fraction of sp³-hybridized carbons (Fsp3) is 0.154. The van der Waals surface area contributed by atoms with Crippen LogP contribution in [0.15, 0.2) is 79.0 Å². The molecule has 5 rings (SSSR count). The number of halogens is 1. The van der Waals surface area contributed by atoms with Gasteiger partial charge < -0.3 is 14.8 Å². The third-order valence-corrected chi connectivity index (χ3v) is 6.00. The van der Waals surface area contributed by atoms with Crippen LogP contribution in [-0.4, -0.2) is 27.8 Å². The molecule has 0 unspecified atom stereocenters. The molecule has 1 aliphatic heterocycles. The minimum atomic E-state index is -0.346. The van der Waals surface area contributed by atoms with Gasteiger partial charge in [-0.3, -0.25) is 9.59 Å². The van der Waals surface area contributed by atoms with E-state index >= 15 is 0 Å². The van der Waals surface area contributed by atoms with Crippen molar-refractivity contribution < 1.29 is 14.0 Å². The molecule has 0 fully saturated rings. The highest BCUT2D eigenvalue weighted by molar-refractivity contribution is 6.02. The summed E-state index contributed by atoms with van der Waals surface area (Å²) in [6.07, 6.45) is 2.04. The Hall–Kier alpha value is -3.93. The maximum absolute atomic E-state index is 13.3. The Labute approximate surface area is 185 Å². The van der Waals surface area contributed by atoms with Gasteiger partial charge in [0.05, 0.1) is 6.04 Å². The first-order valence-electron chi connectivity index (χ1n) is 10.5. The fourth-order valence-electron chi connectivity index (χ4n) is 4.47. The first-order chi connectivity index (χ1) is 15.5. The highest BCUT2D eigenvalue weighted by Crippen LogP contribution is 2.41. The standard InChI is InChI=1S/C26H22FN3O2/c1-29-15-22(19-6-4-5-9-23(19)29)25-20-7-2-3-8-21(20)26(32)30(25)16-24(31)28-14-17-10-12-18(27)13-11-17/h2-13,15,25H,14,16H2,1H3,(H,28,31)/t25-/m0/s1. The molecule has 1 atom stereocenters. The molecule has 2 heterocycles. The zero-order valence-electron chi connectivity index (χ0n) is 17.6. The summed E-state index contributed by atoms with van der Waals surface area (Å²) in [7, 11) is 1.98. The summed E-state index contributed by atoms with van der Waals surface area (Å²) < 4.78 is 15.2. The lowest BCUT2D eigenvalue weighted by Crippen LogP contribution is -2.39. The number of nitrogens with zero attached hydrogens (tertiary/aromatic N) is 2. The second-order valence-corrected chi connectivity index (χ2v) is 8.04. The van der Waals surface area contributed by atoms with Crippen molar-refractivity contribution >= 4 is 22.7 Å². The molecule has 0 bridgehead atoms. The number of amides is 2. The Kier molecular flexibility index (Phi) is 4.98. The van der Waals surface area contributed by atoms with E-state index in [-0.39, 0.29) is 36.8 Å². The molecular formula is C26H22FN3O2. The first-order valence-corrected chi connectivity index (χ1v) is 10.5. The van der Waals surface area contributed by atoms with Crippen molar-refractivity contribution in [1.29, 1.82) is 0 Å². The molecular weight excluding hydrogens is 405 g/mol. The average Bonchev–Trinajstić information content (AvgIpc) is 3.28. The van der Waals surface area contributed by atoms with Crippen LogP contribution in [0.25, 0.3) is 10.9 Å². The molecule has 3 aromatic carbocycles. The minimum absolute atomic E-state index is 0.0669. The van der Waals surface area contributed by atoms with Crippen LogP contribution in [0.1, 0.15) is 33.1 Å². The SMILES string of the molecule is Cn1cc([C@@H]2c3ccccc3C(=O)N2CC(=O)NCc2ccc(F)cc2)c2ccccc21. The Balaban J connectivity index is 1.45. The lowest BCUT2D eigenvalue weighted by atomic mass is 9.97. The monoisotopic (exact) mass is 427 g/mol. The van der Waals surface area contributed by atoms with E-state index in [1.807, 2.05) is 66.3 Å². The van der Waals surface area contributed by atoms with Gasteiger partial charge in [0.15, 0.2) is 0 Å². The molecule has 0 saturated carbocycles. The van der Waals surface area contributed by atoms with Crippen LogP contribution in [0.4, 0.5) is 4.39 Å². The Morgan fingerprint density at radius 2 is 1.69 bits per heavy atom. The van der Waals surface area contributed by atoms with Gasteiger partial charge in [0, 0.05) is 41.8 Å². The van der Waals surface area contributed by atoms with Crippen LogP contribution >= 0.6 is 0 Å². The fourth-order valence-corrected chi connectivity index (χ4v) is 4.47. The predicted molar refractivity (Wildman–Crippen MR) is 120 cm³/mol. The van der Waals surface area contributed by atoms with E-state index in [1.165, 1.54) is 12.1 Å². The number of fused-ring (bicyclic) bond motifs is 2. The second kappa shape index (κ2) is 7.96. The summed E-state index contributed by atoms with van der Waals surface area (Å²) in [6.45, 7) is 0.204. The summed E-state index contributed by atoms with van der Waals surface area (Å²) in [5.41, 5.74) is 4.38. The summed E-state index contributed by atoms with van der Waals surface area (Å²) >= 11 is 0. The summed E-state index contributed by atoms with van der Waals surface area (Å²) in [5, 5.41) is 3.90. The van der Waals surface area contributed by atoms with Crippen molar-refractivity contribution in [3.05, 3.63) is 107 Å². The summed E-state index contributed by atoms with van der Waals surface area (Å²) in [6, 6.07) is 21.2. The van der Waals surface area contributed by atoms with Crippen LogP contribution in [0, 0.1) is 5.82 Å². The predicted octanol–water partition coefficient (Wildman–Crippen LogP) is 4.18. The summed E-state index contributed by atoms with van der Waals surface area (Å²) in [4.78, 5) is 27.7. The highest BCUT2D eigenvalue weighted by atomic mass is 19.1. The molecule has 2 amide bonds. The molecule has 32 heavy (non-hydrogen) atoms. The first kappa shape index (κ1) is 20.0. The summed E-state index contributed by atoms with van der Waals surface area (Å²) in [5.74, 6) is -0.741. The third kappa shape index (κ3) is 3.43. The Morgan fingerprint density at radius 1 is 0.969 bits per heavy atom. The van der Waals surface area contributed by atoms with Crippen molar-refractivity contribution in [2.45, 2.75) is 12.6 Å². The Bertz CT molecular complexity index is 1330. The van der Waals surface area contributed by atoms with E-state index in [9.17, 15) is 14.0 Å². The van der Waals surface area contributed by atoms with Crippen LogP contribution in [0.5, 0.6) is 0 Å². The van der Waals surface area contributed by atoms with Crippen LogP contribution in [0.2, 0.25) is 0 Å². The van der Waals surface area contributed by atoms with Crippen molar-refractivity contribution in [2.75, 3.05) is 6.54 Å². The molecule has 0 saturated heterocycles. The Morgan fingerprint density at radius 3 is 2.50 bits per heavy atom. The molecule has 6 heteroatoms. The molecule has 4 aromatic rings. The van der Waals surface area contributed by atoms with Crippen molar-refractivity contribution in [3.8, 4) is 0 Å². The van der Waals surface area contributed by atoms with Crippen molar-refractivity contribution in [1.82, 2.24) is 14.8 Å². The molecule has 160 valence electrons. The number of hydrogen-bond acceptors (Lipinski definition) is 2. The molecule has 0 spiro atoms. The molecule has 0 aliphatic carbocycles.